The summed E-state index contributed by atoms with van der Waals surface area (Å²) >= 11 is 0. The van der Waals surface area contributed by atoms with Crippen molar-refractivity contribution in [3.63, 3.8) is 0 Å². The molecule has 20 heavy (non-hydrogen) atoms. The Bertz CT molecular complexity index is 669. The topological polar surface area (TPSA) is 55.1 Å². The van der Waals surface area contributed by atoms with Crippen LogP contribution in [0, 0.1) is 13.8 Å². The van der Waals surface area contributed by atoms with Crippen LogP contribution in [0.25, 0.3) is 11.8 Å². The molecule has 2 aromatic rings. The highest BCUT2D eigenvalue weighted by atomic mass is 16.4. The second-order valence-electron chi connectivity index (χ2n) is 4.74. The lowest BCUT2D eigenvalue weighted by molar-refractivity contribution is -0.131. The molecular weight excluding hydrogens is 252 g/mol. The van der Waals surface area contributed by atoms with E-state index in [1.807, 2.05) is 19.1 Å². The SMILES string of the molecule is CCc1cn(-c2ccc(C=CC(=O)O)nc2C)cc1C. The van der Waals surface area contributed by atoms with Gasteiger partial charge in [0.25, 0.3) is 0 Å². The second kappa shape index (κ2) is 5.74. The third-order valence-corrected chi connectivity index (χ3v) is 3.27. The summed E-state index contributed by atoms with van der Waals surface area (Å²) in [6.45, 7) is 6.16. The van der Waals surface area contributed by atoms with E-state index < -0.39 is 5.97 Å². The van der Waals surface area contributed by atoms with E-state index in [0.29, 0.717) is 5.69 Å². The van der Waals surface area contributed by atoms with Gasteiger partial charge in [0.2, 0.25) is 0 Å². The Morgan fingerprint density at radius 1 is 1.35 bits per heavy atom. The first-order valence-corrected chi connectivity index (χ1v) is 6.57. The number of pyridine rings is 1. The third kappa shape index (κ3) is 2.96. The standard InChI is InChI=1S/C16H18N2O2/c1-4-13-10-18(9-11(13)2)15-7-5-14(17-12(15)3)6-8-16(19)20/h5-10H,4H2,1-3H3,(H,19,20). The summed E-state index contributed by atoms with van der Waals surface area (Å²) in [7, 11) is 0. The number of carboxylic acid groups (broad SMARTS) is 1. The molecule has 0 saturated carbocycles. The van der Waals surface area contributed by atoms with Gasteiger partial charge in [0.1, 0.15) is 0 Å². The third-order valence-electron chi connectivity index (χ3n) is 3.27. The Hall–Kier alpha value is -2.36. The summed E-state index contributed by atoms with van der Waals surface area (Å²) in [5, 5.41) is 8.62. The zero-order chi connectivity index (χ0) is 14.7. The van der Waals surface area contributed by atoms with Gasteiger partial charge in [-0.1, -0.05) is 6.92 Å². The van der Waals surface area contributed by atoms with E-state index in [4.69, 9.17) is 5.11 Å². The van der Waals surface area contributed by atoms with Crippen LogP contribution in [0.1, 0.15) is 29.4 Å². The van der Waals surface area contributed by atoms with Gasteiger partial charge in [-0.25, -0.2) is 4.79 Å². The lowest BCUT2D eigenvalue weighted by atomic mass is 10.2. The molecule has 2 aromatic heterocycles. The molecule has 2 rings (SSSR count). The molecular formula is C16H18N2O2. The summed E-state index contributed by atoms with van der Waals surface area (Å²) in [6.07, 6.45) is 7.81. The Kier molecular flexibility index (Phi) is 4.03. The van der Waals surface area contributed by atoms with Crippen molar-refractivity contribution < 1.29 is 9.90 Å². The number of aliphatic carboxylic acids is 1. The molecule has 0 bridgehead atoms. The number of aryl methyl sites for hydroxylation is 3. The van der Waals surface area contributed by atoms with Crippen LogP contribution in [0.5, 0.6) is 0 Å². The Morgan fingerprint density at radius 2 is 2.10 bits per heavy atom. The van der Waals surface area contributed by atoms with Crippen LogP contribution in [0.15, 0.2) is 30.6 Å². The molecule has 4 heteroatoms. The number of nitrogens with zero attached hydrogens (tertiary/aromatic N) is 2. The molecule has 0 fully saturated rings. The normalized spacial score (nSPS) is 11.2. The molecule has 104 valence electrons. The van der Waals surface area contributed by atoms with E-state index in [1.54, 1.807) is 0 Å². The fourth-order valence-corrected chi connectivity index (χ4v) is 2.20. The fraction of sp³-hybridized carbons (Fsp3) is 0.250. The monoisotopic (exact) mass is 270 g/mol. The minimum absolute atomic E-state index is 0.647. The van der Waals surface area contributed by atoms with Crippen molar-refractivity contribution in [1.82, 2.24) is 9.55 Å². The van der Waals surface area contributed by atoms with Crippen LogP contribution in [0.4, 0.5) is 0 Å². The minimum atomic E-state index is -0.970. The van der Waals surface area contributed by atoms with E-state index in [0.717, 1.165) is 23.9 Å². The molecule has 0 spiro atoms. The Labute approximate surface area is 118 Å². The highest BCUT2D eigenvalue weighted by Crippen LogP contribution is 2.18. The van der Waals surface area contributed by atoms with Gasteiger partial charge in [-0.2, -0.15) is 0 Å². The van der Waals surface area contributed by atoms with Crippen molar-refractivity contribution in [2.24, 2.45) is 0 Å². The average molecular weight is 270 g/mol. The quantitative estimate of drug-likeness (QED) is 0.868. The molecule has 4 nitrogen and oxygen atoms in total. The van der Waals surface area contributed by atoms with Gasteiger partial charge >= 0.3 is 5.97 Å². The largest absolute Gasteiger partial charge is 0.478 e. The van der Waals surface area contributed by atoms with Gasteiger partial charge in [0.05, 0.1) is 17.1 Å². The average Bonchev–Trinajstić information content (AvgIpc) is 2.77. The van der Waals surface area contributed by atoms with E-state index in [9.17, 15) is 4.79 Å². The minimum Gasteiger partial charge on any atom is -0.478 e. The molecule has 0 atom stereocenters. The first-order valence-electron chi connectivity index (χ1n) is 6.57. The van der Waals surface area contributed by atoms with E-state index >= 15 is 0 Å². The summed E-state index contributed by atoms with van der Waals surface area (Å²) < 4.78 is 2.07. The lowest BCUT2D eigenvalue weighted by Gasteiger charge is -2.07. The maximum atomic E-state index is 10.5. The zero-order valence-electron chi connectivity index (χ0n) is 11.9. The van der Waals surface area contributed by atoms with Crippen molar-refractivity contribution in [3.8, 4) is 5.69 Å². The zero-order valence-corrected chi connectivity index (χ0v) is 11.9. The number of carboxylic acids is 1. The molecule has 0 aliphatic heterocycles. The number of carbonyl (C=O) groups is 1. The van der Waals surface area contributed by atoms with Crippen LogP contribution >= 0.6 is 0 Å². The maximum absolute atomic E-state index is 10.5. The number of rotatable bonds is 4. The molecule has 0 aliphatic rings. The smallest absolute Gasteiger partial charge is 0.328 e. The molecule has 2 heterocycles. The first-order chi connectivity index (χ1) is 9.51. The molecule has 0 amide bonds. The molecule has 1 N–H and O–H groups in total. The summed E-state index contributed by atoms with van der Waals surface area (Å²) in [4.78, 5) is 14.9. The molecule has 0 aromatic carbocycles. The van der Waals surface area contributed by atoms with Gasteiger partial charge < -0.3 is 9.67 Å². The highest BCUT2D eigenvalue weighted by Gasteiger charge is 2.06. The van der Waals surface area contributed by atoms with Crippen molar-refractivity contribution >= 4 is 12.0 Å². The molecule has 0 unspecified atom stereocenters. The molecule has 0 saturated heterocycles. The number of hydrogen-bond donors (Lipinski definition) is 1. The van der Waals surface area contributed by atoms with Gasteiger partial charge in [0, 0.05) is 18.5 Å². The lowest BCUT2D eigenvalue weighted by Crippen LogP contribution is -1.98. The first kappa shape index (κ1) is 14.1. The van der Waals surface area contributed by atoms with Gasteiger partial charge in [-0.15, -0.1) is 0 Å². The predicted octanol–water partition coefficient (Wildman–Crippen LogP) is 3.15. The Balaban J connectivity index is 2.36. The van der Waals surface area contributed by atoms with Crippen LogP contribution in [0.3, 0.4) is 0 Å². The van der Waals surface area contributed by atoms with Crippen molar-refractivity contribution in [1.29, 1.82) is 0 Å². The van der Waals surface area contributed by atoms with Crippen LogP contribution in [0.2, 0.25) is 0 Å². The van der Waals surface area contributed by atoms with E-state index in [-0.39, 0.29) is 0 Å². The molecule has 0 aliphatic carbocycles. The second-order valence-corrected chi connectivity index (χ2v) is 4.74. The predicted molar refractivity (Wildman–Crippen MR) is 79.1 cm³/mol. The Morgan fingerprint density at radius 3 is 2.65 bits per heavy atom. The highest BCUT2D eigenvalue weighted by molar-refractivity contribution is 5.84. The maximum Gasteiger partial charge on any atom is 0.328 e. The van der Waals surface area contributed by atoms with Crippen LogP contribution in [-0.4, -0.2) is 20.6 Å². The summed E-state index contributed by atoms with van der Waals surface area (Å²) in [5.41, 5.74) is 5.12. The van der Waals surface area contributed by atoms with E-state index in [2.05, 4.69) is 35.8 Å². The van der Waals surface area contributed by atoms with Gasteiger partial charge in [-0.05, 0) is 49.6 Å². The summed E-state index contributed by atoms with van der Waals surface area (Å²) in [5.74, 6) is -0.970. The van der Waals surface area contributed by atoms with Crippen LogP contribution < -0.4 is 0 Å². The van der Waals surface area contributed by atoms with Gasteiger partial charge in [-0.3, -0.25) is 4.98 Å². The summed E-state index contributed by atoms with van der Waals surface area (Å²) in [6, 6.07) is 3.78. The number of aromatic nitrogens is 2. The van der Waals surface area contributed by atoms with E-state index in [1.165, 1.54) is 17.2 Å². The van der Waals surface area contributed by atoms with Crippen LogP contribution in [-0.2, 0) is 11.2 Å². The van der Waals surface area contributed by atoms with Crippen molar-refractivity contribution in [2.75, 3.05) is 0 Å². The molecule has 0 radical (unpaired) electrons. The fourth-order valence-electron chi connectivity index (χ4n) is 2.20. The van der Waals surface area contributed by atoms with Gasteiger partial charge in [0.15, 0.2) is 0 Å². The van der Waals surface area contributed by atoms with Crippen molar-refractivity contribution in [2.45, 2.75) is 27.2 Å². The van der Waals surface area contributed by atoms with Crippen molar-refractivity contribution in [3.05, 3.63) is 53.1 Å². The number of hydrogen-bond acceptors (Lipinski definition) is 2.